The summed E-state index contributed by atoms with van der Waals surface area (Å²) >= 11 is 0. The van der Waals surface area contributed by atoms with Crippen LogP contribution in [0.2, 0.25) is 0 Å². The highest BCUT2D eigenvalue weighted by Gasteiger charge is 2.41. The molecule has 0 bridgehead atoms. The topological polar surface area (TPSA) is 58.6 Å². The van der Waals surface area contributed by atoms with Crippen molar-refractivity contribution < 1.29 is 14.3 Å². The van der Waals surface area contributed by atoms with Crippen molar-refractivity contribution in [3.63, 3.8) is 0 Å². The van der Waals surface area contributed by atoms with Gasteiger partial charge in [0, 0.05) is 5.69 Å². The minimum absolute atomic E-state index is 0.256. The molecule has 3 aromatic carbocycles. The standard InChI is InChI=1S/C25H22N2O3/c1-3-30-21-16-10-9-15-20(21)27-24(28)22(18-12-5-4-6-13-18)23(25(27)29)26-19-14-8-7-11-17(19)2/h4-16,26H,3H2,1-2H3. The Labute approximate surface area is 175 Å². The Kier molecular flexibility index (Phi) is 5.35. The molecule has 1 aliphatic rings. The zero-order chi connectivity index (χ0) is 21.1. The van der Waals surface area contributed by atoms with E-state index in [1.54, 1.807) is 18.2 Å². The first-order valence-corrected chi connectivity index (χ1v) is 9.84. The molecule has 2 amide bonds. The first-order chi connectivity index (χ1) is 14.6. The Morgan fingerprint density at radius 1 is 0.833 bits per heavy atom. The van der Waals surface area contributed by atoms with Crippen molar-refractivity contribution >= 4 is 28.8 Å². The molecule has 1 aliphatic heterocycles. The van der Waals surface area contributed by atoms with Crippen LogP contribution in [0.15, 0.2) is 84.6 Å². The number of aryl methyl sites for hydroxylation is 1. The minimum atomic E-state index is -0.408. The van der Waals surface area contributed by atoms with Crippen molar-refractivity contribution in [2.75, 3.05) is 16.8 Å². The maximum Gasteiger partial charge on any atom is 0.282 e. The average molecular weight is 398 g/mol. The number of amides is 2. The molecule has 0 aliphatic carbocycles. The van der Waals surface area contributed by atoms with Crippen LogP contribution in [0, 0.1) is 6.92 Å². The van der Waals surface area contributed by atoms with E-state index in [0.717, 1.165) is 11.3 Å². The van der Waals surface area contributed by atoms with Gasteiger partial charge in [-0.05, 0) is 43.2 Å². The van der Waals surface area contributed by atoms with Crippen molar-refractivity contribution in [2.24, 2.45) is 0 Å². The third-order valence-electron chi connectivity index (χ3n) is 4.96. The predicted octanol–water partition coefficient (Wildman–Crippen LogP) is 4.79. The van der Waals surface area contributed by atoms with Gasteiger partial charge in [0.25, 0.3) is 11.8 Å². The van der Waals surface area contributed by atoms with Crippen LogP contribution in [0.4, 0.5) is 11.4 Å². The van der Waals surface area contributed by atoms with E-state index in [1.807, 2.05) is 74.5 Å². The summed E-state index contributed by atoms with van der Waals surface area (Å²) < 4.78 is 5.67. The van der Waals surface area contributed by atoms with Gasteiger partial charge >= 0.3 is 0 Å². The van der Waals surface area contributed by atoms with E-state index in [-0.39, 0.29) is 11.6 Å². The summed E-state index contributed by atoms with van der Waals surface area (Å²) in [4.78, 5) is 28.2. The number of para-hydroxylation sites is 3. The van der Waals surface area contributed by atoms with E-state index < -0.39 is 5.91 Å². The minimum Gasteiger partial charge on any atom is -0.492 e. The lowest BCUT2D eigenvalue weighted by Crippen LogP contribution is -2.32. The van der Waals surface area contributed by atoms with E-state index in [4.69, 9.17) is 4.74 Å². The van der Waals surface area contributed by atoms with Gasteiger partial charge in [-0.3, -0.25) is 9.59 Å². The lowest BCUT2D eigenvalue weighted by Gasteiger charge is -2.19. The summed E-state index contributed by atoms with van der Waals surface area (Å²) in [6.07, 6.45) is 0. The molecule has 30 heavy (non-hydrogen) atoms. The summed E-state index contributed by atoms with van der Waals surface area (Å²) in [6.45, 7) is 4.25. The molecule has 1 N–H and O–H groups in total. The zero-order valence-corrected chi connectivity index (χ0v) is 16.9. The summed E-state index contributed by atoms with van der Waals surface area (Å²) in [5.41, 5.74) is 3.47. The number of nitrogens with one attached hydrogen (secondary N) is 1. The van der Waals surface area contributed by atoms with Crippen LogP contribution in [0.1, 0.15) is 18.1 Å². The van der Waals surface area contributed by atoms with Crippen molar-refractivity contribution in [1.29, 1.82) is 0 Å². The monoisotopic (exact) mass is 398 g/mol. The van der Waals surface area contributed by atoms with Crippen LogP contribution >= 0.6 is 0 Å². The quantitative estimate of drug-likeness (QED) is 0.607. The highest BCUT2D eigenvalue weighted by Crippen LogP contribution is 2.38. The Morgan fingerprint density at radius 2 is 1.50 bits per heavy atom. The molecule has 0 fully saturated rings. The normalized spacial score (nSPS) is 13.7. The zero-order valence-electron chi connectivity index (χ0n) is 16.9. The maximum absolute atomic E-state index is 13.5. The van der Waals surface area contributed by atoms with Gasteiger partial charge in [0.2, 0.25) is 0 Å². The predicted molar refractivity (Wildman–Crippen MR) is 118 cm³/mol. The second-order valence-electron chi connectivity index (χ2n) is 6.90. The van der Waals surface area contributed by atoms with Crippen LogP contribution in [-0.2, 0) is 9.59 Å². The number of benzene rings is 3. The molecule has 0 atom stereocenters. The molecule has 0 aromatic heterocycles. The Hall–Kier alpha value is -3.86. The summed E-state index contributed by atoms with van der Waals surface area (Å²) in [5.74, 6) is -0.296. The lowest BCUT2D eigenvalue weighted by molar-refractivity contribution is -0.120. The lowest BCUT2D eigenvalue weighted by atomic mass is 10.0. The van der Waals surface area contributed by atoms with Crippen molar-refractivity contribution in [1.82, 2.24) is 0 Å². The number of carbonyl (C=O) groups excluding carboxylic acids is 2. The third-order valence-corrected chi connectivity index (χ3v) is 4.96. The average Bonchev–Trinajstić information content (AvgIpc) is 3.00. The maximum atomic E-state index is 13.5. The number of carbonyl (C=O) groups is 2. The molecule has 0 saturated heterocycles. The van der Waals surface area contributed by atoms with Gasteiger partial charge in [0.15, 0.2) is 0 Å². The third kappa shape index (κ3) is 3.46. The summed E-state index contributed by atoms with van der Waals surface area (Å²) in [5, 5.41) is 3.22. The number of rotatable bonds is 6. The van der Waals surface area contributed by atoms with E-state index in [1.165, 1.54) is 4.90 Å². The first-order valence-electron chi connectivity index (χ1n) is 9.84. The van der Waals surface area contributed by atoms with Gasteiger partial charge in [-0.1, -0.05) is 60.7 Å². The second kappa shape index (κ2) is 8.25. The number of imide groups is 1. The van der Waals surface area contributed by atoms with Crippen LogP contribution in [0.5, 0.6) is 5.75 Å². The number of anilines is 2. The smallest absolute Gasteiger partial charge is 0.282 e. The molecule has 0 unspecified atom stereocenters. The molecule has 0 saturated carbocycles. The molecule has 0 spiro atoms. The largest absolute Gasteiger partial charge is 0.492 e. The van der Waals surface area contributed by atoms with Crippen molar-refractivity contribution in [2.45, 2.75) is 13.8 Å². The van der Waals surface area contributed by atoms with Gasteiger partial charge in [0.05, 0.1) is 17.9 Å². The van der Waals surface area contributed by atoms with Gasteiger partial charge in [0.1, 0.15) is 11.4 Å². The van der Waals surface area contributed by atoms with E-state index in [9.17, 15) is 9.59 Å². The van der Waals surface area contributed by atoms with Gasteiger partial charge in [-0.15, -0.1) is 0 Å². The van der Waals surface area contributed by atoms with Gasteiger partial charge in [-0.2, -0.15) is 0 Å². The fraction of sp³-hybridized carbons (Fsp3) is 0.120. The Morgan fingerprint density at radius 3 is 2.23 bits per heavy atom. The fourth-order valence-electron chi connectivity index (χ4n) is 3.50. The van der Waals surface area contributed by atoms with Crippen LogP contribution in [-0.4, -0.2) is 18.4 Å². The molecule has 150 valence electrons. The van der Waals surface area contributed by atoms with Crippen LogP contribution in [0.3, 0.4) is 0 Å². The van der Waals surface area contributed by atoms with Gasteiger partial charge < -0.3 is 10.1 Å². The van der Waals surface area contributed by atoms with Gasteiger partial charge in [-0.25, -0.2) is 4.90 Å². The molecular formula is C25H22N2O3. The first kappa shape index (κ1) is 19.5. The van der Waals surface area contributed by atoms with E-state index in [0.29, 0.717) is 29.2 Å². The van der Waals surface area contributed by atoms with Crippen molar-refractivity contribution in [3.05, 3.63) is 95.7 Å². The van der Waals surface area contributed by atoms with E-state index in [2.05, 4.69) is 5.32 Å². The molecule has 5 heteroatoms. The molecule has 4 rings (SSSR count). The number of nitrogens with zero attached hydrogens (tertiary/aromatic N) is 1. The van der Waals surface area contributed by atoms with Crippen LogP contribution < -0.4 is 15.0 Å². The summed E-state index contributed by atoms with van der Waals surface area (Å²) in [6, 6.07) is 24.0. The Balaban J connectivity index is 1.84. The molecule has 1 heterocycles. The SMILES string of the molecule is CCOc1ccccc1N1C(=O)C(Nc2ccccc2C)=C(c2ccccc2)C1=O. The van der Waals surface area contributed by atoms with E-state index >= 15 is 0 Å². The number of ether oxygens (including phenoxy) is 1. The van der Waals surface area contributed by atoms with Crippen LogP contribution in [0.25, 0.3) is 5.57 Å². The molecule has 3 aromatic rings. The molecular weight excluding hydrogens is 376 g/mol. The fourth-order valence-corrected chi connectivity index (χ4v) is 3.50. The highest BCUT2D eigenvalue weighted by atomic mass is 16.5. The number of hydrogen-bond donors (Lipinski definition) is 1. The van der Waals surface area contributed by atoms with Crippen molar-refractivity contribution in [3.8, 4) is 5.75 Å². The Bertz CT molecular complexity index is 1140. The summed E-state index contributed by atoms with van der Waals surface area (Å²) in [7, 11) is 0. The number of hydrogen-bond acceptors (Lipinski definition) is 4. The highest BCUT2D eigenvalue weighted by molar-refractivity contribution is 6.46. The molecule has 0 radical (unpaired) electrons. The second-order valence-corrected chi connectivity index (χ2v) is 6.90. The molecule has 5 nitrogen and oxygen atoms in total.